The van der Waals surface area contributed by atoms with E-state index in [2.05, 4.69) is 50.9 Å². The second-order valence-electron chi connectivity index (χ2n) is 7.65. The zero-order chi connectivity index (χ0) is 15.0. The normalized spacial score (nSPS) is 36.7. The molecule has 20 heavy (non-hydrogen) atoms. The van der Waals surface area contributed by atoms with Crippen molar-refractivity contribution < 1.29 is 4.74 Å². The molecule has 0 aromatic carbocycles. The van der Waals surface area contributed by atoms with Gasteiger partial charge in [0.25, 0.3) is 0 Å². The van der Waals surface area contributed by atoms with E-state index in [1.54, 1.807) is 0 Å². The summed E-state index contributed by atoms with van der Waals surface area (Å²) < 4.78 is 6.15. The minimum Gasteiger partial charge on any atom is -0.367 e. The van der Waals surface area contributed by atoms with Gasteiger partial charge in [-0.15, -0.1) is 0 Å². The molecule has 0 amide bonds. The molecule has 0 aromatic heterocycles. The van der Waals surface area contributed by atoms with Gasteiger partial charge in [0, 0.05) is 19.1 Å². The Labute approximate surface area is 123 Å². The first-order chi connectivity index (χ1) is 9.21. The van der Waals surface area contributed by atoms with Gasteiger partial charge in [-0.25, -0.2) is 0 Å². The molecule has 2 aliphatic rings. The lowest BCUT2D eigenvalue weighted by molar-refractivity contribution is -0.187. The van der Waals surface area contributed by atoms with E-state index in [4.69, 9.17) is 4.74 Å². The van der Waals surface area contributed by atoms with Crippen LogP contribution in [0.3, 0.4) is 0 Å². The van der Waals surface area contributed by atoms with E-state index in [-0.39, 0.29) is 16.7 Å². The third-order valence-corrected chi connectivity index (χ3v) is 4.45. The molecule has 2 rings (SSSR count). The first-order valence-electron chi connectivity index (χ1n) is 7.81. The molecule has 1 aliphatic carbocycles. The highest BCUT2D eigenvalue weighted by molar-refractivity contribution is 5.14. The van der Waals surface area contributed by atoms with Crippen LogP contribution in [0, 0.1) is 11.3 Å². The number of hydrogen-bond acceptors (Lipinski definition) is 4. The Morgan fingerprint density at radius 2 is 1.85 bits per heavy atom. The molecular weight excluding hydrogens is 250 g/mol. The molecule has 1 saturated carbocycles. The van der Waals surface area contributed by atoms with Gasteiger partial charge in [0.05, 0.1) is 17.3 Å². The van der Waals surface area contributed by atoms with Gasteiger partial charge in [0.15, 0.2) is 0 Å². The van der Waals surface area contributed by atoms with E-state index in [0.717, 1.165) is 38.9 Å². The van der Waals surface area contributed by atoms with Crippen molar-refractivity contribution in [2.75, 3.05) is 19.6 Å². The summed E-state index contributed by atoms with van der Waals surface area (Å²) in [5.74, 6) is 0. The molecule has 1 heterocycles. The van der Waals surface area contributed by atoms with Crippen LogP contribution in [0.5, 0.6) is 0 Å². The Morgan fingerprint density at radius 3 is 2.35 bits per heavy atom. The second-order valence-corrected chi connectivity index (χ2v) is 7.65. The number of ether oxygens (including phenoxy) is 1. The maximum Gasteiger partial charge on any atom is 0.108 e. The minimum absolute atomic E-state index is 0.113. The fourth-order valence-electron chi connectivity index (χ4n) is 4.08. The molecule has 0 aromatic rings. The average Bonchev–Trinajstić information content (AvgIpc) is 2.70. The Morgan fingerprint density at radius 1 is 1.25 bits per heavy atom. The van der Waals surface area contributed by atoms with Gasteiger partial charge in [-0.05, 0) is 53.5 Å². The number of hydrogen-bond donors (Lipinski definition) is 1. The molecule has 114 valence electrons. The maximum atomic E-state index is 9.51. The van der Waals surface area contributed by atoms with Crippen LogP contribution in [0.2, 0.25) is 0 Å². The molecule has 2 atom stereocenters. The summed E-state index contributed by atoms with van der Waals surface area (Å²) in [6.45, 7) is 13.5. The van der Waals surface area contributed by atoms with E-state index < -0.39 is 0 Å². The highest BCUT2D eigenvalue weighted by Crippen LogP contribution is 2.37. The van der Waals surface area contributed by atoms with Crippen molar-refractivity contribution in [2.45, 2.75) is 76.7 Å². The molecule has 1 aliphatic heterocycles. The smallest absolute Gasteiger partial charge is 0.108 e. The third kappa shape index (κ3) is 3.33. The Balaban J connectivity index is 2.08. The van der Waals surface area contributed by atoms with E-state index >= 15 is 0 Å². The Kier molecular flexibility index (Phi) is 4.17. The number of morpholine rings is 1. The van der Waals surface area contributed by atoms with Gasteiger partial charge in [-0.1, -0.05) is 6.92 Å². The average molecular weight is 279 g/mol. The highest BCUT2D eigenvalue weighted by atomic mass is 16.5. The van der Waals surface area contributed by atoms with E-state index in [9.17, 15) is 5.26 Å². The number of nitrogens with one attached hydrogen (secondary N) is 1. The molecule has 0 radical (unpaired) electrons. The lowest BCUT2D eigenvalue weighted by Crippen LogP contribution is -2.59. The second kappa shape index (κ2) is 5.29. The molecule has 4 heteroatoms. The molecule has 1 N–H and O–H groups in total. The predicted octanol–water partition coefficient (Wildman–Crippen LogP) is 2.30. The van der Waals surface area contributed by atoms with Crippen LogP contribution in [0.25, 0.3) is 0 Å². The summed E-state index contributed by atoms with van der Waals surface area (Å²) in [5, 5.41) is 12.9. The predicted molar refractivity (Wildman–Crippen MR) is 80.5 cm³/mol. The zero-order valence-electron chi connectivity index (χ0n) is 13.6. The molecule has 2 fully saturated rings. The fourth-order valence-corrected chi connectivity index (χ4v) is 4.08. The van der Waals surface area contributed by atoms with Gasteiger partial charge in [0.1, 0.15) is 5.54 Å². The van der Waals surface area contributed by atoms with Crippen LogP contribution >= 0.6 is 0 Å². The van der Waals surface area contributed by atoms with Gasteiger partial charge < -0.3 is 4.74 Å². The van der Waals surface area contributed by atoms with E-state index in [1.165, 1.54) is 0 Å². The monoisotopic (exact) mass is 279 g/mol. The van der Waals surface area contributed by atoms with Crippen LogP contribution in [0.1, 0.15) is 53.9 Å². The highest BCUT2D eigenvalue weighted by Gasteiger charge is 2.46. The largest absolute Gasteiger partial charge is 0.367 e. The standard InChI is InChI=1S/C16H29N3O/c1-6-18-16(10-17)8-7-13(9-16)19-11-14(2,3)20-15(4,5)12-19/h13,18H,6-9,11-12H2,1-5H3. The van der Waals surface area contributed by atoms with E-state index in [1.807, 2.05) is 0 Å². The first-order valence-corrected chi connectivity index (χ1v) is 7.81. The van der Waals surface area contributed by atoms with Crippen molar-refractivity contribution >= 4 is 0 Å². The van der Waals surface area contributed by atoms with Crippen molar-refractivity contribution in [1.82, 2.24) is 10.2 Å². The van der Waals surface area contributed by atoms with Crippen LogP contribution in [0.4, 0.5) is 0 Å². The van der Waals surface area contributed by atoms with Gasteiger partial charge in [0.2, 0.25) is 0 Å². The Bertz CT molecular complexity index is 383. The van der Waals surface area contributed by atoms with E-state index in [0.29, 0.717) is 6.04 Å². The summed E-state index contributed by atoms with van der Waals surface area (Å²) in [6.07, 6.45) is 3.00. The zero-order valence-corrected chi connectivity index (χ0v) is 13.6. The SMILES string of the molecule is CCNC1(C#N)CCC(N2CC(C)(C)OC(C)(C)C2)C1. The van der Waals surface area contributed by atoms with Gasteiger partial charge >= 0.3 is 0 Å². The Hall–Kier alpha value is -0.630. The lowest BCUT2D eigenvalue weighted by Gasteiger charge is -2.49. The number of nitriles is 1. The number of rotatable bonds is 3. The quantitative estimate of drug-likeness (QED) is 0.861. The fraction of sp³-hybridized carbons (Fsp3) is 0.938. The van der Waals surface area contributed by atoms with Crippen LogP contribution < -0.4 is 5.32 Å². The summed E-state index contributed by atoms with van der Waals surface area (Å²) in [5.41, 5.74) is -0.540. The summed E-state index contributed by atoms with van der Waals surface area (Å²) in [6, 6.07) is 3.02. The van der Waals surface area contributed by atoms with Gasteiger partial charge in [-0.3, -0.25) is 10.2 Å². The molecule has 4 nitrogen and oxygen atoms in total. The van der Waals surface area contributed by atoms with Crippen LogP contribution in [0.15, 0.2) is 0 Å². The summed E-state index contributed by atoms with van der Waals surface area (Å²) in [7, 11) is 0. The van der Waals surface area contributed by atoms with Crippen molar-refractivity contribution in [3.05, 3.63) is 0 Å². The molecule has 0 spiro atoms. The van der Waals surface area contributed by atoms with Crippen molar-refractivity contribution in [1.29, 1.82) is 5.26 Å². The van der Waals surface area contributed by atoms with Crippen LogP contribution in [-0.4, -0.2) is 47.3 Å². The minimum atomic E-state index is -0.313. The maximum absolute atomic E-state index is 9.51. The summed E-state index contributed by atoms with van der Waals surface area (Å²) in [4.78, 5) is 2.54. The summed E-state index contributed by atoms with van der Waals surface area (Å²) >= 11 is 0. The molecule has 1 saturated heterocycles. The number of nitrogens with zero attached hydrogens (tertiary/aromatic N) is 2. The topological polar surface area (TPSA) is 48.3 Å². The molecule has 2 unspecified atom stereocenters. The molecular formula is C16H29N3O. The van der Waals surface area contributed by atoms with Crippen molar-refractivity contribution in [3.63, 3.8) is 0 Å². The van der Waals surface area contributed by atoms with Crippen LogP contribution in [-0.2, 0) is 4.74 Å². The molecule has 0 bridgehead atoms. The van der Waals surface area contributed by atoms with Crippen molar-refractivity contribution in [3.8, 4) is 6.07 Å². The first kappa shape index (κ1) is 15.8. The third-order valence-electron chi connectivity index (χ3n) is 4.45. The lowest BCUT2D eigenvalue weighted by atomic mass is 9.95. The van der Waals surface area contributed by atoms with Crippen molar-refractivity contribution in [2.24, 2.45) is 0 Å². The van der Waals surface area contributed by atoms with Gasteiger partial charge in [-0.2, -0.15) is 5.26 Å².